The zero-order valence-electron chi connectivity index (χ0n) is 12.2. The number of hydrogen-bond acceptors (Lipinski definition) is 3. The molecule has 2 aromatic rings. The Morgan fingerprint density at radius 3 is 2.63 bits per heavy atom. The van der Waals surface area contributed by atoms with Crippen molar-refractivity contribution in [2.24, 2.45) is 0 Å². The van der Waals surface area contributed by atoms with Gasteiger partial charge in [0.05, 0.1) is 11.4 Å². The lowest BCUT2D eigenvalue weighted by atomic mass is 10.1. The Morgan fingerprint density at radius 2 is 2.05 bits per heavy atom. The number of hydrogen-bond donors (Lipinski definition) is 1. The molecule has 1 unspecified atom stereocenters. The normalized spacial score (nSPS) is 12.8. The molecular formula is C14H23N5. The fourth-order valence-corrected chi connectivity index (χ4v) is 2.40. The van der Waals surface area contributed by atoms with Crippen LogP contribution in [0.4, 0.5) is 0 Å². The van der Waals surface area contributed by atoms with E-state index >= 15 is 0 Å². The Bertz CT molecular complexity index is 526. The van der Waals surface area contributed by atoms with Crippen LogP contribution in [-0.2, 0) is 19.5 Å². The van der Waals surface area contributed by atoms with Crippen LogP contribution in [0.15, 0.2) is 18.5 Å². The van der Waals surface area contributed by atoms with Crippen molar-refractivity contribution in [3.8, 4) is 0 Å². The predicted octanol–water partition coefficient (Wildman–Crippen LogP) is 1.99. The van der Waals surface area contributed by atoms with Crippen LogP contribution in [0.3, 0.4) is 0 Å². The first-order valence-corrected chi connectivity index (χ1v) is 6.99. The highest BCUT2D eigenvalue weighted by atomic mass is 15.3. The summed E-state index contributed by atoms with van der Waals surface area (Å²) in [5.41, 5.74) is 2.31. The minimum Gasteiger partial charge on any atom is -0.334 e. The molecule has 0 aliphatic carbocycles. The monoisotopic (exact) mass is 261 g/mol. The molecule has 5 nitrogen and oxygen atoms in total. The van der Waals surface area contributed by atoms with Gasteiger partial charge >= 0.3 is 0 Å². The quantitative estimate of drug-likeness (QED) is 0.865. The highest BCUT2D eigenvalue weighted by Crippen LogP contribution is 2.21. The number of nitrogens with zero attached hydrogens (tertiary/aromatic N) is 4. The molecule has 0 spiro atoms. The molecule has 0 aliphatic heterocycles. The Labute approximate surface area is 114 Å². The lowest BCUT2D eigenvalue weighted by molar-refractivity contribution is 0.524. The summed E-state index contributed by atoms with van der Waals surface area (Å²) < 4.78 is 4.23. The van der Waals surface area contributed by atoms with Crippen molar-refractivity contribution in [1.29, 1.82) is 0 Å². The lowest BCUT2D eigenvalue weighted by Crippen LogP contribution is -2.24. The zero-order chi connectivity index (χ0) is 13.8. The van der Waals surface area contributed by atoms with Gasteiger partial charge in [0.25, 0.3) is 0 Å². The van der Waals surface area contributed by atoms with Gasteiger partial charge in [0.15, 0.2) is 0 Å². The van der Waals surface area contributed by atoms with Crippen LogP contribution in [0.25, 0.3) is 0 Å². The van der Waals surface area contributed by atoms with Crippen molar-refractivity contribution in [2.45, 2.75) is 46.3 Å². The predicted molar refractivity (Wildman–Crippen MR) is 76.1 cm³/mol. The van der Waals surface area contributed by atoms with Gasteiger partial charge < -0.3 is 9.88 Å². The maximum atomic E-state index is 4.62. The average Bonchev–Trinajstić information content (AvgIpc) is 3.06. The molecule has 1 atom stereocenters. The van der Waals surface area contributed by atoms with Gasteiger partial charge in [0, 0.05) is 25.5 Å². The minimum atomic E-state index is 0.0858. The van der Waals surface area contributed by atoms with Crippen LogP contribution in [0.5, 0.6) is 0 Å². The molecule has 0 aliphatic rings. The lowest BCUT2D eigenvalue weighted by Gasteiger charge is -2.18. The third-order valence-corrected chi connectivity index (χ3v) is 3.45. The molecule has 0 amide bonds. The third-order valence-electron chi connectivity index (χ3n) is 3.45. The first-order chi connectivity index (χ1) is 9.24. The Balaban J connectivity index is 2.44. The highest BCUT2D eigenvalue weighted by molar-refractivity contribution is 5.21. The van der Waals surface area contributed by atoms with Gasteiger partial charge in [0.2, 0.25) is 0 Å². The molecule has 0 radical (unpaired) electrons. The first-order valence-electron chi connectivity index (χ1n) is 6.99. The number of imidazole rings is 1. The van der Waals surface area contributed by atoms with Crippen molar-refractivity contribution in [2.75, 3.05) is 7.05 Å². The zero-order valence-corrected chi connectivity index (χ0v) is 12.2. The summed E-state index contributed by atoms with van der Waals surface area (Å²) in [7, 11) is 1.97. The minimum absolute atomic E-state index is 0.0858. The standard InChI is InChI=1S/C14H23N5/c1-5-11-10-12(19(7-3)17-11)13(15-4)14-16-8-9-18(14)6-2/h8-10,13,15H,5-7H2,1-4H3. The molecular weight excluding hydrogens is 238 g/mol. The van der Waals surface area contributed by atoms with E-state index in [1.807, 2.05) is 19.4 Å². The van der Waals surface area contributed by atoms with E-state index in [2.05, 4.69) is 51.5 Å². The van der Waals surface area contributed by atoms with Gasteiger partial charge in [-0.05, 0) is 33.4 Å². The smallest absolute Gasteiger partial charge is 0.132 e. The molecule has 0 saturated heterocycles. The third kappa shape index (κ3) is 2.56. The van der Waals surface area contributed by atoms with Crippen LogP contribution < -0.4 is 5.32 Å². The van der Waals surface area contributed by atoms with Crippen LogP contribution in [0.1, 0.15) is 44.0 Å². The topological polar surface area (TPSA) is 47.7 Å². The van der Waals surface area contributed by atoms with Gasteiger partial charge in [-0.15, -0.1) is 0 Å². The van der Waals surface area contributed by atoms with Crippen LogP contribution >= 0.6 is 0 Å². The molecule has 1 N–H and O–H groups in total. The highest BCUT2D eigenvalue weighted by Gasteiger charge is 2.21. The van der Waals surface area contributed by atoms with Gasteiger partial charge in [-0.3, -0.25) is 4.68 Å². The van der Waals surface area contributed by atoms with Gasteiger partial charge in [-0.25, -0.2) is 4.98 Å². The molecule has 104 valence electrons. The van der Waals surface area contributed by atoms with Crippen LogP contribution in [0, 0.1) is 0 Å². The number of aromatic nitrogens is 4. The summed E-state index contributed by atoms with van der Waals surface area (Å²) in [5.74, 6) is 1.04. The Morgan fingerprint density at radius 1 is 1.26 bits per heavy atom. The number of aryl methyl sites for hydroxylation is 3. The SMILES string of the molecule is CCc1cc(C(NC)c2nccn2CC)n(CC)n1. The van der Waals surface area contributed by atoms with E-state index in [1.54, 1.807) is 0 Å². The van der Waals surface area contributed by atoms with Gasteiger partial charge in [-0.1, -0.05) is 6.92 Å². The molecule has 2 rings (SSSR count). The van der Waals surface area contributed by atoms with E-state index in [9.17, 15) is 0 Å². The molecule has 5 heteroatoms. The van der Waals surface area contributed by atoms with Crippen molar-refractivity contribution in [1.82, 2.24) is 24.6 Å². The van der Waals surface area contributed by atoms with Crippen LogP contribution in [-0.4, -0.2) is 26.4 Å². The molecule has 0 bridgehead atoms. The van der Waals surface area contributed by atoms with Gasteiger partial charge in [-0.2, -0.15) is 5.10 Å². The number of rotatable bonds is 6. The van der Waals surface area contributed by atoms with Crippen molar-refractivity contribution < 1.29 is 0 Å². The van der Waals surface area contributed by atoms with Crippen LogP contribution in [0.2, 0.25) is 0 Å². The summed E-state index contributed by atoms with van der Waals surface area (Å²) in [6.07, 6.45) is 4.84. The largest absolute Gasteiger partial charge is 0.334 e. The van der Waals surface area contributed by atoms with E-state index in [1.165, 1.54) is 5.69 Å². The van der Waals surface area contributed by atoms with E-state index in [4.69, 9.17) is 0 Å². The summed E-state index contributed by atoms with van der Waals surface area (Å²) in [6.45, 7) is 8.18. The van der Waals surface area contributed by atoms with Crippen molar-refractivity contribution >= 4 is 0 Å². The van der Waals surface area contributed by atoms with Gasteiger partial charge in [0.1, 0.15) is 11.9 Å². The summed E-state index contributed by atoms with van der Waals surface area (Å²) in [4.78, 5) is 4.50. The van der Waals surface area contributed by atoms with E-state index in [-0.39, 0.29) is 6.04 Å². The van der Waals surface area contributed by atoms with Crippen molar-refractivity contribution in [3.05, 3.63) is 35.7 Å². The maximum absolute atomic E-state index is 4.62. The molecule has 0 fully saturated rings. The summed E-state index contributed by atoms with van der Waals surface area (Å²) >= 11 is 0. The fraction of sp³-hybridized carbons (Fsp3) is 0.571. The molecule has 19 heavy (non-hydrogen) atoms. The molecule has 2 heterocycles. The summed E-state index contributed by atoms with van der Waals surface area (Å²) in [5, 5.41) is 7.98. The van der Waals surface area contributed by atoms with Crippen molar-refractivity contribution in [3.63, 3.8) is 0 Å². The first kappa shape index (κ1) is 13.8. The Hall–Kier alpha value is -1.62. The number of nitrogens with one attached hydrogen (secondary N) is 1. The second-order valence-corrected chi connectivity index (χ2v) is 4.52. The summed E-state index contributed by atoms with van der Waals surface area (Å²) in [6, 6.07) is 2.27. The van der Waals surface area contributed by atoms with E-state index in [0.29, 0.717) is 0 Å². The second kappa shape index (κ2) is 6.02. The maximum Gasteiger partial charge on any atom is 0.132 e. The molecule has 0 aromatic carbocycles. The Kier molecular flexibility index (Phi) is 4.37. The average molecular weight is 261 g/mol. The molecule has 2 aromatic heterocycles. The van der Waals surface area contributed by atoms with E-state index < -0.39 is 0 Å². The molecule has 0 saturated carbocycles. The second-order valence-electron chi connectivity index (χ2n) is 4.52. The van der Waals surface area contributed by atoms with E-state index in [0.717, 1.165) is 31.0 Å². The fourth-order valence-electron chi connectivity index (χ4n) is 2.40.